The lowest BCUT2D eigenvalue weighted by atomic mass is 10.1. The molecule has 4 nitrogen and oxygen atoms in total. The van der Waals surface area contributed by atoms with Crippen LogP contribution in [0.25, 0.3) is 0 Å². The Balaban J connectivity index is 2.70. The summed E-state index contributed by atoms with van der Waals surface area (Å²) in [5, 5.41) is 6.43. The van der Waals surface area contributed by atoms with Gasteiger partial charge in [0.15, 0.2) is 0 Å². The van der Waals surface area contributed by atoms with Crippen molar-refractivity contribution in [2.24, 2.45) is 5.73 Å². The van der Waals surface area contributed by atoms with E-state index in [0.717, 1.165) is 12.6 Å². The fraction of sp³-hybridized carbons (Fsp3) is 0.500. The zero-order valence-corrected chi connectivity index (χ0v) is 11.9. The summed E-state index contributed by atoms with van der Waals surface area (Å²) in [6, 6.07) is 2.74. The van der Waals surface area contributed by atoms with Crippen LogP contribution in [-0.4, -0.2) is 24.5 Å². The van der Waals surface area contributed by atoms with Gasteiger partial charge in [-0.2, -0.15) is 0 Å². The number of carbonyl (C=O) groups is 1. The Morgan fingerprint density at radius 2 is 1.95 bits per heavy atom. The van der Waals surface area contributed by atoms with Gasteiger partial charge in [-0.1, -0.05) is 0 Å². The summed E-state index contributed by atoms with van der Waals surface area (Å²) in [5.41, 5.74) is 6.47. The molecular weight excluding hydrogens is 245 g/mol. The maximum Gasteiger partial charge on any atom is 0.248 e. The third-order valence-corrected chi connectivity index (χ3v) is 2.72. The van der Waals surface area contributed by atoms with Crippen LogP contribution in [0.1, 0.15) is 36.7 Å². The highest BCUT2D eigenvalue weighted by molar-refractivity contribution is 5.94. The quantitative estimate of drug-likeness (QED) is 0.715. The molecule has 1 amide bonds. The Bertz CT molecular complexity index is 466. The van der Waals surface area contributed by atoms with E-state index in [2.05, 4.69) is 31.4 Å². The molecule has 0 atom stereocenters. The highest BCUT2D eigenvalue weighted by Crippen LogP contribution is 2.20. The van der Waals surface area contributed by atoms with Gasteiger partial charge in [0, 0.05) is 35.4 Å². The Kier molecular flexibility index (Phi) is 4.89. The summed E-state index contributed by atoms with van der Waals surface area (Å²) in [6.45, 7) is 9.27. The number of carbonyl (C=O) groups excluding carboxylic acids is 1. The summed E-state index contributed by atoms with van der Waals surface area (Å²) in [4.78, 5) is 11.1. The summed E-state index contributed by atoms with van der Waals surface area (Å²) >= 11 is 0. The SMILES string of the molecule is Cc1c(F)cc(C(N)=O)cc1NCCNC(C)(C)C. The van der Waals surface area contributed by atoms with Crippen LogP contribution in [-0.2, 0) is 0 Å². The maximum absolute atomic E-state index is 13.6. The van der Waals surface area contributed by atoms with Crippen molar-refractivity contribution in [3.63, 3.8) is 0 Å². The molecule has 0 bridgehead atoms. The normalized spacial score (nSPS) is 11.4. The number of nitrogens with two attached hydrogens (primary N) is 1. The second-order valence-electron chi connectivity index (χ2n) is 5.60. The number of benzene rings is 1. The fourth-order valence-corrected chi connectivity index (χ4v) is 1.64. The zero-order chi connectivity index (χ0) is 14.6. The standard InChI is InChI=1S/C14H22FN3O/c1-9-11(15)7-10(13(16)19)8-12(9)17-5-6-18-14(2,3)4/h7-8,17-18H,5-6H2,1-4H3,(H2,16,19). The van der Waals surface area contributed by atoms with Crippen molar-refractivity contribution in [3.05, 3.63) is 29.1 Å². The zero-order valence-electron chi connectivity index (χ0n) is 11.9. The van der Waals surface area contributed by atoms with Crippen LogP contribution in [0.4, 0.5) is 10.1 Å². The van der Waals surface area contributed by atoms with Crippen LogP contribution < -0.4 is 16.4 Å². The molecule has 1 rings (SSSR count). The first-order chi connectivity index (χ1) is 8.70. The molecule has 0 aliphatic rings. The molecule has 0 radical (unpaired) electrons. The fourth-order valence-electron chi connectivity index (χ4n) is 1.64. The van der Waals surface area contributed by atoms with Gasteiger partial charge in [-0.15, -0.1) is 0 Å². The number of primary amides is 1. The van der Waals surface area contributed by atoms with Gasteiger partial charge in [0.05, 0.1) is 0 Å². The minimum absolute atomic E-state index is 0.0387. The van der Waals surface area contributed by atoms with Gasteiger partial charge in [0.25, 0.3) is 0 Å². The lowest BCUT2D eigenvalue weighted by Crippen LogP contribution is -2.38. The molecule has 0 saturated heterocycles. The lowest BCUT2D eigenvalue weighted by molar-refractivity contribution is 0.1000. The van der Waals surface area contributed by atoms with Gasteiger partial charge < -0.3 is 16.4 Å². The summed E-state index contributed by atoms with van der Waals surface area (Å²) < 4.78 is 13.6. The van der Waals surface area contributed by atoms with E-state index in [1.165, 1.54) is 0 Å². The molecule has 5 heteroatoms. The molecule has 4 N–H and O–H groups in total. The van der Waals surface area contributed by atoms with Crippen molar-refractivity contribution >= 4 is 11.6 Å². The second-order valence-corrected chi connectivity index (χ2v) is 5.60. The Morgan fingerprint density at radius 3 is 2.47 bits per heavy atom. The van der Waals surface area contributed by atoms with Crippen LogP contribution in [0.5, 0.6) is 0 Å². The number of hydrogen-bond donors (Lipinski definition) is 3. The summed E-state index contributed by atoms with van der Waals surface area (Å²) in [6.07, 6.45) is 0. The number of hydrogen-bond acceptors (Lipinski definition) is 3. The van der Waals surface area contributed by atoms with Crippen LogP contribution in [0.3, 0.4) is 0 Å². The largest absolute Gasteiger partial charge is 0.383 e. The van der Waals surface area contributed by atoms with Gasteiger partial charge in [-0.05, 0) is 39.8 Å². The highest BCUT2D eigenvalue weighted by atomic mass is 19.1. The predicted molar refractivity (Wildman–Crippen MR) is 75.9 cm³/mol. The van der Waals surface area contributed by atoms with Crippen LogP contribution in [0.15, 0.2) is 12.1 Å². The molecule has 0 aromatic heterocycles. The highest BCUT2D eigenvalue weighted by Gasteiger charge is 2.11. The van der Waals surface area contributed by atoms with Crippen molar-refractivity contribution in [1.29, 1.82) is 0 Å². The average molecular weight is 267 g/mol. The van der Waals surface area contributed by atoms with E-state index in [-0.39, 0.29) is 11.1 Å². The topological polar surface area (TPSA) is 67.2 Å². The van der Waals surface area contributed by atoms with Gasteiger partial charge in [0.1, 0.15) is 5.82 Å². The molecular formula is C14H22FN3O. The molecule has 0 spiro atoms. The maximum atomic E-state index is 13.6. The van der Waals surface area contributed by atoms with Crippen molar-refractivity contribution in [1.82, 2.24) is 5.32 Å². The molecule has 1 aromatic rings. The van der Waals surface area contributed by atoms with Gasteiger partial charge in [0.2, 0.25) is 5.91 Å². The molecule has 0 fully saturated rings. The Hall–Kier alpha value is -1.62. The van der Waals surface area contributed by atoms with Crippen molar-refractivity contribution in [3.8, 4) is 0 Å². The molecule has 0 aliphatic carbocycles. The number of halogens is 1. The predicted octanol–water partition coefficient (Wildman–Crippen LogP) is 2.03. The van der Waals surface area contributed by atoms with Crippen LogP contribution in [0, 0.1) is 12.7 Å². The first-order valence-electron chi connectivity index (χ1n) is 6.29. The van der Waals surface area contributed by atoms with Gasteiger partial charge in [-0.25, -0.2) is 4.39 Å². The van der Waals surface area contributed by atoms with Crippen LogP contribution >= 0.6 is 0 Å². The molecule has 106 valence electrons. The molecule has 19 heavy (non-hydrogen) atoms. The summed E-state index contributed by atoms with van der Waals surface area (Å²) in [5.74, 6) is -1.06. The Labute approximate surface area is 113 Å². The third-order valence-electron chi connectivity index (χ3n) is 2.72. The van der Waals surface area contributed by atoms with E-state index in [1.54, 1.807) is 13.0 Å². The number of amides is 1. The number of rotatable bonds is 5. The minimum Gasteiger partial charge on any atom is -0.383 e. The van der Waals surface area contributed by atoms with Crippen molar-refractivity contribution in [2.75, 3.05) is 18.4 Å². The van der Waals surface area contributed by atoms with E-state index < -0.39 is 11.7 Å². The first kappa shape index (κ1) is 15.4. The monoisotopic (exact) mass is 267 g/mol. The van der Waals surface area contributed by atoms with Crippen molar-refractivity contribution < 1.29 is 9.18 Å². The van der Waals surface area contributed by atoms with E-state index in [0.29, 0.717) is 17.8 Å². The Morgan fingerprint density at radius 1 is 1.32 bits per heavy atom. The first-order valence-corrected chi connectivity index (χ1v) is 6.29. The second kappa shape index (κ2) is 6.02. The number of nitrogens with one attached hydrogen (secondary N) is 2. The van der Waals surface area contributed by atoms with E-state index in [1.807, 2.05) is 0 Å². The van der Waals surface area contributed by atoms with Crippen molar-refractivity contribution in [2.45, 2.75) is 33.2 Å². The van der Waals surface area contributed by atoms with Crippen LogP contribution in [0.2, 0.25) is 0 Å². The third kappa shape index (κ3) is 4.87. The lowest BCUT2D eigenvalue weighted by Gasteiger charge is -2.21. The van der Waals surface area contributed by atoms with Gasteiger partial charge in [-0.3, -0.25) is 4.79 Å². The molecule has 0 heterocycles. The van der Waals surface area contributed by atoms with E-state index >= 15 is 0 Å². The molecule has 1 aromatic carbocycles. The minimum atomic E-state index is -0.630. The smallest absolute Gasteiger partial charge is 0.248 e. The summed E-state index contributed by atoms with van der Waals surface area (Å²) in [7, 11) is 0. The molecule has 0 saturated carbocycles. The van der Waals surface area contributed by atoms with E-state index in [9.17, 15) is 9.18 Å². The average Bonchev–Trinajstić information content (AvgIpc) is 2.27. The number of anilines is 1. The molecule has 0 unspecified atom stereocenters. The van der Waals surface area contributed by atoms with Gasteiger partial charge >= 0.3 is 0 Å². The van der Waals surface area contributed by atoms with E-state index in [4.69, 9.17) is 5.73 Å². The molecule has 0 aliphatic heterocycles.